The van der Waals surface area contributed by atoms with Crippen molar-refractivity contribution in [2.45, 2.75) is 19.9 Å². The van der Waals surface area contributed by atoms with E-state index in [9.17, 15) is 4.79 Å². The van der Waals surface area contributed by atoms with Crippen LogP contribution in [0.2, 0.25) is 0 Å². The minimum absolute atomic E-state index is 0.135. The van der Waals surface area contributed by atoms with Crippen LogP contribution in [0.4, 0.5) is 0 Å². The average molecular weight is 329 g/mol. The van der Waals surface area contributed by atoms with Gasteiger partial charge in [-0.25, -0.2) is 0 Å². The Balaban J connectivity index is 2.16. The molecule has 0 amide bonds. The van der Waals surface area contributed by atoms with E-state index in [1.807, 2.05) is 47.8 Å². The highest BCUT2D eigenvalue weighted by atomic mass is 32.7. The predicted molar refractivity (Wildman–Crippen MR) is 102 cm³/mol. The summed E-state index contributed by atoms with van der Waals surface area (Å²) in [6.07, 6.45) is 1.11. The first-order valence-electron chi connectivity index (χ1n) is 7.54. The van der Waals surface area contributed by atoms with E-state index in [1.165, 1.54) is 0 Å². The zero-order valence-corrected chi connectivity index (χ0v) is 14.6. The molecule has 1 aromatic heterocycles. The second-order valence-corrected chi connectivity index (χ2v) is 7.41. The summed E-state index contributed by atoms with van der Waals surface area (Å²) >= 11 is 1.81. The zero-order valence-electron chi connectivity index (χ0n) is 12.7. The van der Waals surface area contributed by atoms with Gasteiger partial charge in [0.2, 0.25) is 0 Å². The van der Waals surface area contributed by atoms with Gasteiger partial charge in [-0.3, -0.25) is 4.79 Å². The van der Waals surface area contributed by atoms with Crippen molar-refractivity contribution in [3.05, 3.63) is 58.8 Å². The Hall–Kier alpha value is -1.31. The summed E-state index contributed by atoms with van der Waals surface area (Å²) in [7, 11) is 2.72. The van der Waals surface area contributed by atoms with Crippen LogP contribution >= 0.6 is 19.8 Å². The Bertz CT molecular complexity index is 798. The van der Waals surface area contributed by atoms with Gasteiger partial charge in [-0.2, -0.15) is 0 Å². The summed E-state index contributed by atoms with van der Waals surface area (Å²) in [4.78, 5) is 12.7. The van der Waals surface area contributed by atoms with Crippen LogP contribution in [0.5, 0.6) is 0 Å². The Morgan fingerprint density at radius 1 is 1.05 bits per heavy atom. The zero-order chi connectivity index (χ0) is 15.5. The quantitative estimate of drug-likeness (QED) is 0.500. The highest BCUT2D eigenvalue weighted by molar-refractivity contribution is 8.43. The van der Waals surface area contributed by atoms with Crippen LogP contribution in [0, 0.1) is 5.92 Å². The fraction of sp³-hybridized carbons (Fsp3) is 0.278. The molecule has 0 fully saturated rings. The largest absolute Gasteiger partial charge is 0.340 e. The van der Waals surface area contributed by atoms with Crippen molar-refractivity contribution >= 4 is 41.6 Å². The van der Waals surface area contributed by atoms with Gasteiger partial charge >= 0.3 is 0 Å². The molecule has 22 heavy (non-hydrogen) atoms. The van der Waals surface area contributed by atoms with E-state index in [0.29, 0.717) is 5.92 Å². The molecule has 114 valence electrons. The van der Waals surface area contributed by atoms with Crippen molar-refractivity contribution in [1.29, 1.82) is 0 Å². The number of hydrogen-bond donors (Lipinski definition) is 0. The third kappa shape index (κ3) is 2.93. The van der Waals surface area contributed by atoms with Crippen LogP contribution in [0.1, 0.15) is 13.3 Å². The molecule has 3 rings (SSSR count). The summed E-state index contributed by atoms with van der Waals surface area (Å²) < 4.78 is 2.30. The molecule has 1 heterocycles. The number of aryl methyl sites for hydroxylation is 1. The number of pyridine rings is 1. The molecule has 2 nitrogen and oxygen atoms in total. The van der Waals surface area contributed by atoms with Gasteiger partial charge in [0.1, 0.15) is 0 Å². The number of para-hydroxylation sites is 2. The number of benzene rings is 2. The molecule has 0 radical (unpaired) electrons. The van der Waals surface area contributed by atoms with Gasteiger partial charge in [0.15, 0.2) is 5.43 Å². The van der Waals surface area contributed by atoms with Crippen molar-refractivity contribution in [2.24, 2.45) is 5.92 Å². The normalized spacial score (nSPS) is 12.8. The van der Waals surface area contributed by atoms with Crippen LogP contribution in [-0.4, -0.2) is 10.3 Å². The van der Waals surface area contributed by atoms with Crippen LogP contribution in [0.3, 0.4) is 0 Å². The summed E-state index contributed by atoms with van der Waals surface area (Å²) in [5.41, 5.74) is 2.21. The van der Waals surface area contributed by atoms with E-state index >= 15 is 0 Å². The third-order valence-corrected chi connectivity index (χ3v) is 5.44. The SMILES string of the molecule is CC(CCn1c2ccccc2c(=O)c2ccccc21)CSP. The van der Waals surface area contributed by atoms with Gasteiger partial charge in [-0.15, -0.1) is 11.4 Å². The molecule has 0 aliphatic carbocycles. The number of rotatable bonds is 5. The molecular formula is C18H20NOPS. The second kappa shape index (κ2) is 6.85. The van der Waals surface area contributed by atoms with Gasteiger partial charge in [0.05, 0.1) is 11.0 Å². The maximum atomic E-state index is 12.7. The molecule has 0 aliphatic rings. The van der Waals surface area contributed by atoms with Crippen LogP contribution in [0.15, 0.2) is 53.3 Å². The molecule has 0 N–H and O–H groups in total. The lowest BCUT2D eigenvalue weighted by molar-refractivity contribution is 0.538. The van der Waals surface area contributed by atoms with Gasteiger partial charge < -0.3 is 4.57 Å². The van der Waals surface area contributed by atoms with E-state index in [-0.39, 0.29) is 5.43 Å². The minimum Gasteiger partial charge on any atom is -0.340 e. The lowest BCUT2D eigenvalue weighted by atomic mass is 10.1. The smallest absolute Gasteiger partial charge is 0.197 e. The predicted octanol–water partition coefficient (Wildman–Crippen LogP) is 4.70. The Morgan fingerprint density at radius 3 is 2.14 bits per heavy atom. The molecule has 0 bridgehead atoms. The molecule has 0 saturated heterocycles. The topological polar surface area (TPSA) is 22.0 Å². The van der Waals surface area contributed by atoms with E-state index in [1.54, 1.807) is 0 Å². The Morgan fingerprint density at radius 2 is 1.59 bits per heavy atom. The van der Waals surface area contributed by atoms with Crippen molar-refractivity contribution < 1.29 is 0 Å². The number of aromatic nitrogens is 1. The Kier molecular flexibility index (Phi) is 4.85. The second-order valence-electron chi connectivity index (χ2n) is 5.74. The van der Waals surface area contributed by atoms with Gasteiger partial charge in [-0.05, 0) is 42.4 Å². The first-order chi connectivity index (χ1) is 10.7. The number of nitrogens with zero attached hydrogens (tertiary/aromatic N) is 1. The average Bonchev–Trinajstić information content (AvgIpc) is 2.55. The molecule has 2 unspecified atom stereocenters. The highest BCUT2D eigenvalue weighted by Crippen LogP contribution is 2.22. The lowest BCUT2D eigenvalue weighted by Gasteiger charge is -2.17. The molecule has 0 saturated carbocycles. The van der Waals surface area contributed by atoms with Crippen molar-refractivity contribution in [3.8, 4) is 0 Å². The summed E-state index contributed by atoms with van der Waals surface area (Å²) in [5, 5.41) is 1.63. The first-order valence-corrected chi connectivity index (χ1v) is 10.0. The summed E-state index contributed by atoms with van der Waals surface area (Å²) in [6.45, 7) is 3.22. The molecule has 0 spiro atoms. The van der Waals surface area contributed by atoms with Crippen LogP contribution in [0.25, 0.3) is 21.8 Å². The molecular weight excluding hydrogens is 309 g/mol. The maximum Gasteiger partial charge on any atom is 0.197 e. The number of fused-ring (bicyclic) bond motifs is 2. The van der Waals surface area contributed by atoms with Gasteiger partial charge in [-0.1, -0.05) is 39.6 Å². The molecule has 4 heteroatoms. The monoisotopic (exact) mass is 329 g/mol. The molecule has 0 aliphatic heterocycles. The summed E-state index contributed by atoms with van der Waals surface area (Å²) in [6, 6.07) is 15.9. The fourth-order valence-corrected chi connectivity index (χ4v) is 4.40. The highest BCUT2D eigenvalue weighted by Gasteiger charge is 2.11. The first kappa shape index (κ1) is 15.6. The van der Waals surface area contributed by atoms with Crippen molar-refractivity contribution in [1.82, 2.24) is 4.57 Å². The standard InChI is InChI=1S/C18H20NOPS/c1-13(12-22-21)10-11-19-16-8-4-2-6-14(16)18(20)15-7-3-5-9-17(15)19/h2-9,13H,10-12,21H2,1H3. The Labute approximate surface area is 136 Å². The summed E-state index contributed by atoms with van der Waals surface area (Å²) in [5.74, 6) is 1.79. The minimum atomic E-state index is 0.135. The fourth-order valence-electron chi connectivity index (χ4n) is 2.91. The van der Waals surface area contributed by atoms with Crippen molar-refractivity contribution in [2.75, 3.05) is 5.75 Å². The van der Waals surface area contributed by atoms with Gasteiger partial charge in [0.25, 0.3) is 0 Å². The third-order valence-electron chi connectivity index (χ3n) is 4.11. The van der Waals surface area contributed by atoms with E-state index in [4.69, 9.17) is 0 Å². The van der Waals surface area contributed by atoms with Crippen molar-refractivity contribution in [3.63, 3.8) is 0 Å². The maximum absolute atomic E-state index is 12.7. The van der Waals surface area contributed by atoms with E-state index < -0.39 is 0 Å². The molecule has 2 aromatic carbocycles. The van der Waals surface area contributed by atoms with E-state index in [0.717, 1.165) is 40.5 Å². The van der Waals surface area contributed by atoms with Crippen LogP contribution < -0.4 is 5.43 Å². The number of hydrogen-bond acceptors (Lipinski definition) is 2. The van der Waals surface area contributed by atoms with E-state index in [2.05, 4.69) is 32.1 Å². The van der Waals surface area contributed by atoms with Crippen LogP contribution in [-0.2, 0) is 6.54 Å². The lowest BCUT2D eigenvalue weighted by Crippen LogP contribution is -2.13. The molecule has 2 atom stereocenters. The molecule has 3 aromatic rings. The van der Waals surface area contributed by atoms with Gasteiger partial charge in [0, 0.05) is 17.3 Å².